The molecule has 3 heterocycles. The maximum absolute atomic E-state index is 13.6. The zero-order chi connectivity index (χ0) is 22.6. The van der Waals surface area contributed by atoms with Crippen molar-refractivity contribution in [1.29, 1.82) is 0 Å². The Morgan fingerprint density at radius 1 is 1.29 bits per heavy atom. The number of ether oxygens (including phenoxy) is 1. The zero-order valence-electron chi connectivity index (χ0n) is 17.9. The van der Waals surface area contributed by atoms with Crippen molar-refractivity contribution in [3.63, 3.8) is 0 Å². The van der Waals surface area contributed by atoms with Crippen LogP contribution >= 0.6 is 0 Å². The minimum atomic E-state index is -0.713. The first-order valence-electron chi connectivity index (χ1n) is 9.72. The summed E-state index contributed by atoms with van der Waals surface area (Å²) in [6.07, 6.45) is 2.42. The normalized spacial score (nSPS) is 12.5. The Bertz CT molecular complexity index is 1300. The molecule has 0 aliphatic carbocycles. The molecular weight excluding hydrogens is 401 g/mol. The predicted octanol–water partition coefficient (Wildman–Crippen LogP) is 3.26. The third-order valence-electron chi connectivity index (χ3n) is 5.63. The first-order valence-corrected chi connectivity index (χ1v) is 9.72. The van der Waals surface area contributed by atoms with Crippen molar-refractivity contribution in [1.82, 2.24) is 30.0 Å². The highest BCUT2D eigenvalue weighted by Crippen LogP contribution is 2.30. The van der Waals surface area contributed by atoms with Gasteiger partial charge in [-0.05, 0) is 45.9 Å². The third-order valence-corrected chi connectivity index (χ3v) is 5.63. The molecule has 0 aliphatic rings. The number of nitrogens with zero attached hydrogens (tertiary/aromatic N) is 4. The quantitative estimate of drug-likeness (QED) is 0.461. The Morgan fingerprint density at radius 3 is 2.74 bits per heavy atom. The minimum absolute atomic E-state index is 0.221. The van der Waals surface area contributed by atoms with Crippen LogP contribution in [0.2, 0.25) is 0 Å². The van der Waals surface area contributed by atoms with Crippen molar-refractivity contribution in [2.75, 3.05) is 0 Å². The van der Waals surface area contributed by atoms with E-state index in [4.69, 9.17) is 10.5 Å². The van der Waals surface area contributed by atoms with Crippen molar-refractivity contribution in [2.45, 2.75) is 38.8 Å². The first kappa shape index (κ1) is 20.7. The summed E-state index contributed by atoms with van der Waals surface area (Å²) in [6, 6.07) is 4.43. The molecule has 9 nitrogen and oxygen atoms in total. The number of amides is 1. The number of hydrogen-bond acceptors (Lipinski definition) is 6. The van der Waals surface area contributed by atoms with Crippen LogP contribution in [0.5, 0.6) is 5.75 Å². The number of halogens is 1. The highest BCUT2D eigenvalue weighted by molar-refractivity contribution is 5.93. The summed E-state index contributed by atoms with van der Waals surface area (Å²) < 4.78 is 20.7. The van der Waals surface area contributed by atoms with Crippen molar-refractivity contribution in [3.05, 3.63) is 36.4 Å². The van der Waals surface area contributed by atoms with E-state index in [-0.39, 0.29) is 11.6 Å². The number of carbonyl (C=O) groups excluding carboxylic acids is 1. The maximum Gasteiger partial charge on any atom is 0.413 e. The molecule has 162 valence electrons. The van der Waals surface area contributed by atoms with Gasteiger partial charge in [0.15, 0.2) is 16.9 Å². The number of hydrogen-bond donors (Lipinski definition) is 3. The van der Waals surface area contributed by atoms with E-state index in [0.717, 1.165) is 5.39 Å². The van der Waals surface area contributed by atoms with Gasteiger partial charge in [-0.15, -0.1) is 0 Å². The molecule has 0 spiro atoms. The molecule has 1 aromatic carbocycles. The number of aromatic nitrogens is 5. The maximum atomic E-state index is 13.6. The summed E-state index contributed by atoms with van der Waals surface area (Å²) in [6.45, 7) is 7.27. The molecule has 4 N–H and O–H groups in total. The summed E-state index contributed by atoms with van der Waals surface area (Å²) in [5.41, 5.74) is 7.24. The van der Waals surface area contributed by atoms with E-state index in [0.29, 0.717) is 28.1 Å². The summed E-state index contributed by atoms with van der Waals surface area (Å²) in [5.74, 6) is -0.127. The minimum Gasteiger partial charge on any atom is -0.406 e. The topological polar surface area (TPSA) is 124 Å². The SMILES string of the molecule is Cn1nc(-c2cnc3[nH]cc(OC(=O)NC(C)(C)C(C)(C)N)c3n2)c2ccc(F)cc21. The lowest BCUT2D eigenvalue weighted by Gasteiger charge is -2.38. The van der Waals surface area contributed by atoms with Gasteiger partial charge in [0.2, 0.25) is 0 Å². The van der Waals surface area contributed by atoms with Gasteiger partial charge in [-0.1, -0.05) is 0 Å². The van der Waals surface area contributed by atoms with Crippen molar-refractivity contribution >= 4 is 28.2 Å². The fourth-order valence-corrected chi connectivity index (χ4v) is 3.02. The van der Waals surface area contributed by atoms with Crippen LogP contribution in [0.4, 0.5) is 9.18 Å². The van der Waals surface area contributed by atoms with E-state index in [2.05, 4.69) is 25.4 Å². The molecular formula is C21H24FN7O2. The summed E-state index contributed by atoms with van der Waals surface area (Å²) in [7, 11) is 1.73. The van der Waals surface area contributed by atoms with Gasteiger partial charge in [0.25, 0.3) is 0 Å². The molecule has 0 bridgehead atoms. The second-order valence-electron chi connectivity index (χ2n) is 8.60. The Morgan fingerprint density at radius 2 is 2.03 bits per heavy atom. The van der Waals surface area contributed by atoms with Gasteiger partial charge in [0.1, 0.15) is 17.2 Å². The van der Waals surface area contributed by atoms with Gasteiger partial charge in [0.05, 0.1) is 17.3 Å². The lowest BCUT2D eigenvalue weighted by atomic mass is 9.84. The van der Waals surface area contributed by atoms with Crippen LogP contribution in [-0.4, -0.2) is 41.9 Å². The zero-order valence-corrected chi connectivity index (χ0v) is 17.9. The van der Waals surface area contributed by atoms with Gasteiger partial charge in [-0.2, -0.15) is 5.10 Å². The van der Waals surface area contributed by atoms with Crippen LogP contribution in [0.25, 0.3) is 33.5 Å². The molecule has 31 heavy (non-hydrogen) atoms. The molecule has 10 heteroatoms. The molecule has 4 rings (SSSR count). The largest absolute Gasteiger partial charge is 0.413 e. The smallest absolute Gasteiger partial charge is 0.406 e. The van der Waals surface area contributed by atoms with Gasteiger partial charge in [0, 0.05) is 24.2 Å². The Balaban J connectivity index is 1.69. The van der Waals surface area contributed by atoms with E-state index in [9.17, 15) is 9.18 Å². The van der Waals surface area contributed by atoms with Gasteiger partial charge < -0.3 is 20.8 Å². The van der Waals surface area contributed by atoms with E-state index in [1.165, 1.54) is 18.3 Å². The number of fused-ring (bicyclic) bond motifs is 2. The third kappa shape index (κ3) is 3.70. The number of H-pyrrole nitrogens is 1. The van der Waals surface area contributed by atoms with Gasteiger partial charge in [-0.3, -0.25) is 4.68 Å². The number of aromatic amines is 1. The molecule has 1 amide bonds. The average Bonchev–Trinajstić information content (AvgIpc) is 3.21. The number of carbonyl (C=O) groups is 1. The number of nitrogens with one attached hydrogen (secondary N) is 2. The Labute approximate surface area is 177 Å². The second-order valence-corrected chi connectivity index (χ2v) is 8.60. The molecule has 0 unspecified atom stereocenters. The van der Waals surface area contributed by atoms with Crippen LogP contribution in [0, 0.1) is 5.82 Å². The molecule has 4 aromatic rings. The highest BCUT2D eigenvalue weighted by Gasteiger charge is 2.35. The lowest BCUT2D eigenvalue weighted by Crippen LogP contribution is -2.62. The number of nitrogens with two attached hydrogens (primary N) is 1. The van der Waals surface area contributed by atoms with Crippen LogP contribution in [0.3, 0.4) is 0 Å². The summed E-state index contributed by atoms with van der Waals surface area (Å²) in [4.78, 5) is 24.4. The van der Waals surface area contributed by atoms with E-state index in [1.54, 1.807) is 24.0 Å². The summed E-state index contributed by atoms with van der Waals surface area (Å²) >= 11 is 0. The van der Waals surface area contributed by atoms with Gasteiger partial charge >= 0.3 is 6.09 Å². The molecule has 0 aliphatic heterocycles. The average molecular weight is 425 g/mol. The van der Waals surface area contributed by atoms with E-state index >= 15 is 0 Å². The fourth-order valence-electron chi connectivity index (χ4n) is 3.02. The Kier molecular flexibility index (Phi) is 4.69. The van der Waals surface area contributed by atoms with Crippen LogP contribution < -0.4 is 15.8 Å². The Hall–Kier alpha value is -3.53. The van der Waals surface area contributed by atoms with Crippen molar-refractivity contribution in [3.8, 4) is 17.1 Å². The standard InChI is InChI=1S/C21H24FN7O2/c1-20(2,23)21(3,4)27-19(30)31-15-10-25-18-17(15)26-13(9-24-18)16-12-7-6-11(22)8-14(12)29(5)28-16/h6-10H,23H2,1-5H3,(H,24,25)(H,27,30). The number of aryl methyl sites for hydroxylation is 1. The van der Waals surface area contributed by atoms with E-state index < -0.39 is 17.2 Å². The molecule has 0 saturated carbocycles. The summed E-state index contributed by atoms with van der Waals surface area (Å²) in [5, 5.41) is 7.98. The van der Waals surface area contributed by atoms with Gasteiger partial charge in [-0.25, -0.2) is 19.2 Å². The molecule has 3 aromatic heterocycles. The van der Waals surface area contributed by atoms with Crippen molar-refractivity contribution < 1.29 is 13.9 Å². The molecule has 0 atom stereocenters. The predicted molar refractivity (Wildman–Crippen MR) is 115 cm³/mol. The number of rotatable bonds is 4. The van der Waals surface area contributed by atoms with Crippen molar-refractivity contribution in [2.24, 2.45) is 12.8 Å². The molecule has 0 fully saturated rings. The first-order chi connectivity index (χ1) is 14.5. The van der Waals surface area contributed by atoms with Crippen LogP contribution in [0.15, 0.2) is 30.6 Å². The second kappa shape index (κ2) is 7.02. The molecule has 0 saturated heterocycles. The van der Waals surface area contributed by atoms with Crippen LogP contribution in [-0.2, 0) is 7.05 Å². The monoisotopic (exact) mass is 425 g/mol. The van der Waals surface area contributed by atoms with Crippen LogP contribution in [0.1, 0.15) is 27.7 Å². The highest BCUT2D eigenvalue weighted by atomic mass is 19.1. The fraction of sp³-hybridized carbons (Fsp3) is 0.333. The molecule has 0 radical (unpaired) electrons. The lowest BCUT2D eigenvalue weighted by molar-refractivity contribution is 0.171. The van der Waals surface area contributed by atoms with E-state index in [1.807, 2.05) is 27.7 Å². The number of benzene rings is 1.